The molecule has 2 heterocycles. The van der Waals surface area contributed by atoms with Crippen molar-refractivity contribution in [2.45, 2.75) is 11.1 Å². The Balaban J connectivity index is 2.58. The van der Waals surface area contributed by atoms with Crippen molar-refractivity contribution < 1.29 is 21.6 Å². The lowest BCUT2D eigenvalue weighted by molar-refractivity contribution is -0.143. The minimum Gasteiger partial charge on any atom is -0.274 e. The van der Waals surface area contributed by atoms with E-state index in [-0.39, 0.29) is 5.82 Å². The normalized spacial score (nSPS) is 12.7. The van der Waals surface area contributed by atoms with Crippen molar-refractivity contribution in [3.63, 3.8) is 0 Å². The number of alkyl halides is 3. The maximum atomic E-state index is 12.9. The van der Waals surface area contributed by atoms with Crippen LogP contribution in [0.2, 0.25) is 0 Å². The molecular weight excluding hydrogens is 311 g/mol. The van der Waals surface area contributed by atoms with Crippen molar-refractivity contribution in [2.75, 3.05) is 11.4 Å². The summed E-state index contributed by atoms with van der Waals surface area (Å²) in [5, 5.41) is 6.99. The van der Waals surface area contributed by atoms with Gasteiger partial charge in [0.1, 0.15) is 10.7 Å². The number of halogens is 3. The summed E-state index contributed by atoms with van der Waals surface area (Å²) < 4.78 is 66.3. The monoisotopic (exact) mass is 323 g/mol. The molecule has 11 heteroatoms. The lowest BCUT2D eigenvalue weighted by atomic mass is 10.4. The van der Waals surface area contributed by atoms with Gasteiger partial charge >= 0.3 is 6.18 Å². The van der Waals surface area contributed by atoms with Gasteiger partial charge in [-0.25, -0.2) is 8.42 Å². The molecule has 7 nitrogen and oxygen atoms in total. The smallest absolute Gasteiger partial charge is 0.274 e. The van der Waals surface area contributed by atoms with Crippen molar-refractivity contribution in [3.8, 4) is 0 Å². The summed E-state index contributed by atoms with van der Waals surface area (Å²) >= 11 is 0. The Kier molecular flexibility index (Phi) is 3.48. The molecule has 0 aliphatic carbocycles. The van der Waals surface area contributed by atoms with Gasteiger partial charge in [-0.3, -0.25) is 13.7 Å². The first-order valence-electron chi connectivity index (χ1n) is 5.63. The second kappa shape index (κ2) is 4.76. The minimum absolute atomic E-state index is 0.131. The molecule has 0 atom stereocenters. The lowest BCUT2D eigenvalue weighted by Crippen LogP contribution is -2.29. The van der Waals surface area contributed by atoms with Gasteiger partial charge in [0.05, 0.1) is 6.20 Å². The average Bonchev–Trinajstić information content (AvgIpc) is 2.93. The SMILES string of the molecule is CN(c1ccnn1C)S(=O)(=O)c1cn(C)nc1C(F)(F)F. The Bertz CT molecular complexity index is 762. The Morgan fingerprint density at radius 1 is 1.29 bits per heavy atom. The average molecular weight is 323 g/mol. The van der Waals surface area contributed by atoms with E-state index >= 15 is 0 Å². The summed E-state index contributed by atoms with van der Waals surface area (Å²) in [6.07, 6.45) is -2.70. The number of nitrogens with zero attached hydrogens (tertiary/aromatic N) is 5. The molecule has 0 bridgehead atoms. The fourth-order valence-electron chi connectivity index (χ4n) is 1.80. The summed E-state index contributed by atoms with van der Waals surface area (Å²) in [4.78, 5) is -0.902. The van der Waals surface area contributed by atoms with E-state index in [0.717, 1.165) is 22.2 Å². The summed E-state index contributed by atoms with van der Waals surface area (Å²) in [7, 11) is -0.554. The fraction of sp³-hybridized carbons (Fsp3) is 0.400. The van der Waals surface area contributed by atoms with Crippen LogP contribution in [-0.4, -0.2) is 35.0 Å². The molecule has 0 radical (unpaired) electrons. The predicted octanol–water partition coefficient (Wildman–Crippen LogP) is 0.997. The Labute approximate surface area is 118 Å². The molecule has 0 unspecified atom stereocenters. The topological polar surface area (TPSA) is 73.0 Å². The molecule has 0 saturated heterocycles. The third kappa shape index (κ3) is 2.60. The van der Waals surface area contributed by atoms with E-state index in [1.54, 1.807) is 0 Å². The van der Waals surface area contributed by atoms with E-state index in [1.165, 1.54) is 31.0 Å². The van der Waals surface area contributed by atoms with Crippen molar-refractivity contribution in [1.82, 2.24) is 19.6 Å². The highest BCUT2D eigenvalue weighted by atomic mass is 32.2. The molecule has 0 aromatic carbocycles. The van der Waals surface area contributed by atoms with Crippen LogP contribution < -0.4 is 4.31 Å². The number of aromatic nitrogens is 4. The zero-order chi connectivity index (χ0) is 16.0. The summed E-state index contributed by atoms with van der Waals surface area (Å²) in [6, 6.07) is 1.38. The number of sulfonamides is 1. The first-order chi connectivity index (χ1) is 9.55. The van der Waals surface area contributed by atoms with Crippen LogP contribution in [0.3, 0.4) is 0 Å². The largest absolute Gasteiger partial charge is 0.436 e. The molecule has 0 amide bonds. The molecule has 0 aliphatic heterocycles. The van der Waals surface area contributed by atoms with Crippen molar-refractivity contribution >= 4 is 15.8 Å². The second-order valence-corrected chi connectivity index (χ2v) is 6.24. The molecule has 116 valence electrons. The maximum Gasteiger partial charge on any atom is 0.436 e. The molecule has 0 saturated carbocycles. The highest BCUT2D eigenvalue weighted by molar-refractivity contribution is 7.92. The second-order valence-electron chi connectivity index (χ2n) is 4.30. The minimum atomic E-state index is -4.86. The van der Waals surface area contributed by atoms with E-state index in [9.17, 15) is 21.6 Å². The fourth-order valence-corrected chi connectivity index (χ4v) is 3.21. The van der Waals surface area contributed by atoms with Crippen LogP contribution >= 0.6 is 0 Å². The molecule has 2 aromatic rings. The molecule has 21 heavy (non-hydrogen) atoms. The highest BCUT2D eigenvalue weighted by Gasteiger charge is 2.42. The van der Waals surface area contributed by atoms with Gasteiger partial charge in [0, 0.05) is 33.4 Å². The number of aryl methyl sites for hydroxylation is 2. The predicted molar refractivity (Wildman–Crippen MR) is 67.0 cm³/mol. The van der Waals surface area contributed by atoms with Crippen molar-refractivity contribution in [2.24, 2.45) is 14.1 Å². The third-order valence-electron chi connectivity index (χ3n) is 2.82. The quantitative estimate of drug-likeness (QED) is 0.845. The van der Waals surface area contributed by atoms with Gasteiger partial charge in [0.15, 0.2) is 5.69 Å². The van der Waals surface area contributed by atoms with E-state index in [4.69, 9.17) is 0 Å². The van der Waals surface area contributed by atoms with Crippen LogP contribution in [0.4, 0.5) is 19.0 Å². The molecular formula is C10H12F3N5O2S. The Hall–Kier alpha value is -2.04. The van der Waals surface area contributed by atoms with Crippen LogP contribution in [0.5, 0.6) is 0 Å². The number of hydrogen-bond acceptors (Lipinski definition) is 4. The maximum absolute atomic E-state index is 12.9. The van der Waals surface area contributed by atoms with Crippen molar-refractivity contribution in [1.29, 1.82) is 0 Å². The standard InChI is InChI=1S/C10H12F3N5O2S/c1-16-6-7(9(15-16)10(11,12)13)21(19,20)18(3)8-4-5-14-17(8)2/h4-6H,1-3H3. The first kappa shape index (κ1) is 15.4. The van der Waals surface area contributed by atoms with Gasteiger partial charge in [-0.05, 0) is 0 Å². The van der Waals surface area contributed by atoms with Crippen LogP contribution in [-0.2, 0) is 30.3 Å². The molecule has 2 aromatic heterocycles. The first-order valence-corrected chi connectivity index (χ1v) is 7.07. The molecule has 0 N–H and O–H groups in total. The Morgan fingerprint density at radius 3 is 2.38 bits per heavy atom. The molecule has 2 rings (SSSR count). The van der Waals surface area contributed by atoms with E-state index in [0.29, 0.717) is 0 Å². The summed E-state index contributed by atoms with van der Waals surface area (Å²) in [5.41, 5.74) is -1.45. The van der Waals surface area contributed by atoms with E-state index in [1.807, 2.05) is 0 Å². The van der Waals surface area contributed by atoms with Gasteiger partial charge in [-0.15, -0.1) is 0 Å². The molecule has 0 aliphatic rings. The van der Waals surface area contributed by atoms with Gasteiger partial charge in [0.25, 0.3) is 10.0 Å². The lowest BCUT2D eigenvalue weighted by Gasteiger charge is -2.19. The van der Waals surface area contributed by atoms with Gasteiger partial charge in [-0.1, -0.05) is 0 Å². The number of hydrogen-bond donors (Lipinski definition) is 0. The van der Waals surface area contributed by atoms with Gasteiger partial charge in [-0.2, -0.15) is 23.4 Å². The van der Waals surface area contributed by atoms with Gasteiger partial charge < -0.3 is 0 Å². The van der Waals surface area contributed by atoms with Gasteiger partial charge in [0.2, 0.25) is 0 Å². The highest BCUT2D eigenvalue weighted by Crippen LogP contribution is 2.34. The number of rotatable bonds is 3. The number of anilines is 1. The summed E-state index contributed by atoms with van der Waals surface area (Å²) in [5.74, 6) is 0.131. The van der Waals surface area contributed by atoms with Crippen LogP contribution in [0.25, 0.3) is 0 Å². The van der Waals surface area contributed by atoms with Crippen molar-refractivity contribution in [3.05, 3.63) is 24.2 Å². The third-order valence-corrected chi connectivity index (χ3v) is 4.58. The molecule has 0 spiro atoms. The van der Waals surface area contributed by atoms with E-state index in [2.05, 4.69) is 10.2 Å². The zero-order valence-corrected chi connectivity index (χ0v) is 12.1. The van der Waals surface area contributed by atoms with Crippen LogP contribution in [0, 0.1) is 0 Å². The van der Waals surface area contributed by atoms with Crippen LogP contribution in [0.15, 0.2) is 23.4 Å². The summed E-state index contributed by atoms with van der Waals surface area (Å²) in [6.45, 7) is 0. The zero-order valence-electron chi connectivity index (χ0n) is 11.3. The Morgan fingerprint density at radius 2 is 1.90 bits per heavy atom. The van der Waals surface area contributed by atoms with E-state index < -0.39 is 26.8 Å². The van der Waals surface area contributed by atoms with Crippen LogP contribution in [0.1, 0.15) is 5.69 Å². The molecule has 0 fully saturated rings.